The summed E-state index contributed by atoms with van der Waals surface area (Å²) in [6.07, 6.45) is 1.73. The second kappa shape index (κ2) is 14.5. The molecule has 0 aliphatic carbocycles. The molecule has 48 heavy (non-hydrogen) atoms. The van der Waals surface area contributed by atoms with Crippen LogP contribution in [-0.2, 0) is 11.4 Å². The molecule has 6 rings (SSSR count). The third-order valence-corrected chi connectivity index (χ3v) is 9.32. The quantitative estimate of drug-likeness (QED) is 0.167. The van der Waals surface area contributed by atoms with Gasteiger partial charge in [-0.05, 0) is 73.5 Å². The van der Waals surface area contributed by atoms with Crippen LogP contribution in [0.25, 0.3) is 6.08 Å². The zero-order valence-electron chi connectivity index (χ0n) is 26.3. The number of nitrogens with one attached hydrogen (secondary N) is 1. The van der Waals surface area contributed by atoms with Crippen molar-refractivity contribution >= 4 is 52.2 Å². The number of carbonyl (C=O) groups excluding carboxylic acids is 1. The number of ether oxygens (including phenoxy) is 3. The zero-order valence-corrected chi connectivity index (χ0v) is 28.7. The van der Waals surface area contributed by atoms with Crippen molar-refractivity contribution < 1.29 is 19.0 Å². The number of aromatic nitrogens is 1. The van der Waals surface area contributed by atoms with Crippen molar-refractivity contribution in [3.05, 3.63) is 149 Å². The fourth-order valence-corrected chi connectivity index (χ4v) is 6.95. The van der Waals surface area contributed by atoms with E-state index in [4.69, 9.17) is 42.4 Å². The van der Waals surface area contributed by atoms with Crippen molar-refractivity contribution in [2.24, 2.45) is 4.99 Å². The van der Waals surface area contributed by atoms with Crippen molar-refractivity contribution in [3.63, 3.8) is 0 Å². The van der Waals surface area contributed by atoms with E-state index in [0.717, 1.165) is 11.1 Å². The van der Waals surface area contributed by atoms with Crippen LogP contribution >= 0.6 is 34.5 Å². The van der Waals surface area contributed by atoms with E-state index in [2.05, 4.69) is 5.32 Å². The number of hydrogen-bond donors (Lipinski definition) is 1. The van der Waals surface area contributed by atoms with Crippen LogP contribution in [-0.4, -0.2) is 24.2 Å². The Hall–Kier alpha value is -4.83. The summed E-state index contributed by atoms with van der Waals surface area (Å²) in [6, 6.07) is 26.7. The number of methoxy groups -OCH3 is 1. The van der Waals surface area contributed by atoms with Crippen molar-refractivity contribution in [3.8, 4) is 17.2 Å². The maximum Gasteiger partial charge on any atom is 0.271 e. The van der Waals surface area contributed by atoms with Crippen molar-refractivity contribution in [1.29, 1.82) is 0 Å². The first-order chi connectivity index (χ1) is 23.3. The monoisotopic (exact) mass is 699 g/mol. The molecule has 0 saturated heterocycles. The molecule has 2 heterocycles. The van der Waals surface area contributed by atoms with Gasteiger partial charge in [0.05, 0.1) is 40.6 Å². The summed E-state index contributed by atoms with van der Waals surface area (Å²) in [6.45, 7) is 4.40. The van der Waals surface area contributed by atoms with Crippen LogP contribution in [0, 0.1) is 0 Å². The van der Waals surface area contributed by atoms with E-state index in [1.54, 1.807) is 47.9 Å². The molecule has 0 unspecified atom stereocenters. The van der Waals surface area contributed by atoms with E-state index < -0.39 is 6.04 Å². The summed E-state index contributed by atoms with van der Waals surface area (Å²) in [5.74, 6) is 1.10. The first-order valence-corrected chi connectivity index (χ1v) is 16.7. The van der Waals surface area contributed by atoms with Gasteiger partial charge in [0.2, 0.25) is 0 Å². The SMILES string of the molecule is CCOc1ccc([C@@H]2C(C(=O)Nc3ccccc3)=C(C)N=c3s/c(=C\c4cc(Cl)c(OCc5ccccc5Cl)c(OC)c4)c(=O)n32)cc1. The Kier molecular flexibility index (Phi) is 10.0. The second-order valence-electron chi connectivity index (χ2n) is 10.8. The van der Waals surface area contributed by atoms with Gasteiger partial charge in [-0.2, -0.15) is 0 Å². The molecule has 0 saturated carbocycles. The minimum Gasteiger partial charge on any atom is -0.494 e. The van der Waals surface area contributed by atoms with Gasteiger partial charge in [-0.3, -0.25) is 14.2 Å². The summed E-state index contributed by atoms with van der Waals surface area (Å²) >= 11 is 14.2. The van der Waals surface area contributed by atoms with Gasteiger partial charge in [0.1, 0.15) is 12.4 Å². The Morgan fingerprint density at radius 2 is 1.71 bits per heavy atom. The van der Waals surface area contributed by atoms with E-state index >= 15 is 0 Å². The molecule has 244 valence electrons. The van der Waals surface area contributed by atoms with Crippen LogP contribution in [0.1, 0.15) is 36.6 Å². The second-order valence-corrected chi connectivity index (χ2v) is 12.6. The number of anilines is 1. The number of carbonyl (C=O) groups is 1. The molecule has 4 aromatic carbocycles. The number of fused-ring (bicyclic) bond motifs is 1. The molecule has 1 aromatic heterocycles. The molecule has 0 fully saturated rings. The molecule has 1 aliphatic heterocycles. The van der Waals surface area contributed by atoms with Crippen LogP contribution in [0.3, 0.4) is 0 Å². The van der Waals surface area contributed by atoms with Crippen LogP contribution in [0.5, 0.6) is 17.2 Å². The summed E-state index contributed by atoms with van der Waals surface area (Å²) < 4.78 is 19.3. The molecule has 0 spiro atoms. The highest BCUT2D eigenvalue weighted by molar-refractivity contribution is 7.07. The fraction of sp³-hybridized carbons (Fsp3) is 0.162. The highest BCUT2D eigenvalue weighted by Crippen LogP contribution is 2.38. The number of para-hydroxylation sites is 1. The van der Waals surface area contributed by atoms with Gasteiger partial charge in [0.15, 0.2) is 16.3 Å². The topological polar surface area (TPSA) is 91.2 Å². The zero-order chi connectivity index (χ0) is 33.8. The number of benzene rings is 4. The van der Waals surface area contributed by atoms with E-state index in [-0.39, 0.29) is 18.1 Å². The summed E-state index contributed by atoms with van der Waals surface area (Å²) in [4.78, 5) is 33.2. The van der Waals surface area contributed by atoms with E-state index in [1.807, 2.05) is 67.6 Å². The molecular weight excluding hydrogens is 669 g/mol. The maximum atomic E-state index is 14.2. The Morgan fingerprint density at radius 1 is 0.979 bits per heavy atom. The Balaban J connectivity index is 1.41. The van der Waals surface area contributed by atoms with Crippen LogP contribution in [0.15, 0.2) is 112 Å². The number of halogens is 2. The molecule has 0 radical (unpaired) electrons. The van der Waals surface area contributed by atoms with Crippen LogP contribution in [0.4, 0.5) is 5.69 Å². The highest BCUT2D eigenvalue weighted by atomic mass is 35.5. The molecule has 1 amide bonds. The number of allylic oxidation sites excluding steroid dienone is 1. The Bertz CT molecular complexity index is 2200. The first-order valence-electron chi connectivity index (χ1n) is 15.1. The third-order valence-electron chi connectivity index (χ3n) is 7.68. The van der Waals surface area contributed by atoms with Crippen LogP contribution < -0.4 is 34.4 Å². The Labute approximate surface area is 291 Å². The normalized spacial score (nSPS) is 14.3. The average Bonchev–Trinajstić information content (AvgIpc) is 3.38. The molecule has 1 aliphatic rings. The summed E-state index contributed by atoms with van der Waals surface area (Å²) in [5.41, 5.74) is 3.38. The van der Waals surface area contributed by atoms with Crippen molar-refractivity contribution in [1.82, 2.24) is 4.57 Å². The summed E-state index contributed by atoms with van der Waals surface area (Å²) in [5, 5.41) is 3.86. The lowest BCUT2D eigenvalue weighted by atomic mass is 9.95. The number of rotatable bonds is 10. The third kappa shape index (κ3) is 6.89. The number of amides is 1. The number of hydrogen-bond acceptors (Lipinski definition) is 7. The van der Waals surface area contributed by atoms with Gasteiger partial charge in [-0.1, -0.05) is 83.1 Å². The minimum atomic E-state index is -0.735. The van der Waals surface area contributed by atoms with Gasteiger partial charge in [-0.15, -0.1) is 0 Å². The minimum absolute atomic E-state index is 0.193. The average molecular weight is 701 g/mol. The summed E-state index contributed by atoms with van der Waals surface area (Å²) in [7, 11) is 1.52. The van der Waals surface area contributed by atoms with Crippen molar-refractivity contribution in [2.45, 2.75) is 26.5 Å². The number of nitrogens with zero attached hydrogens (tertiary/aromatic N) is 2. The predicted molar refractivity (Wildman–Crippen MR) is 190 cm³/mol. The van der Waals surface area contributed by atoms with Gasteiger partial charge in [0, 0.05) is 16.3 Å². The molecule has 0 bridgehead atoms. The molecule has 11 heteroatoms. The van der Waals surface area contributed by atoms with E-state index in [9.17, 15) is 9.59 Å². The lowest BCUT2D eigenvalue weighted by molar-refractivity contribution is -0.113. The highest BCUT2D eigenvalue weighted by Gasteiger charge is 2.32. The largest absolute Gasteiger partial charge is 0.494 e. The van der Waals surface area contributed by atoms with E-state index in [1.165, 1.54) is 18.4 Å². The lowest BCUT2D eigenvalue weighted by Crippen LogP contribution is -2.40. The molecular formula is C37H31Cl2N3O5S. The molecule has 5 aromatic rings. The lowest BCUT2D eigenvalue weighted by Gasteiger charge is -2.25. The Morgan fingerprint density at radius 3 is 2.42 bits per heavy atom. The van der Waals surface area contributed by atoms with Gasteiger partial charge in [-0.25, -0.2) is 4.99 Å². The van der Waals surface area contributed by atoms with Crippen LogP contribution in [0.2, 0.25) is 10.0 Å². The molecule has 1 N–H and O–H groups in total. The van der Waals surface area contributed by atoms with Gasteiger partial charge in [0.25, 0.3) is 11.5 Å². The first kappa shape index (κ1) is 33.1. The predicted octanol–water partition coefficient (Wildman–Crippen LogP) is 7.17. The smallest absolute Gasteiger partial charge is 0.271 e. The fourth-order valence-electron chi connectivity index (χ4n) is 5.44. The standard InChI is InChI=1S/C37H31Cl2N3O5S/c1-4-46-27-16-14-24(15-17-27)33-32(35(43)41-26-11-6-5-7-12-26)22(2)40-37-42(33)36(44)31(48-37)20-23-18-29(39)34(30(19-23)45-3)47-21-25-10-8-9-13-28(25)38/h5-20,33H,4,21H2,1-3H3,(H,41,43)/b31-20-/t33-/m1/s1. The van der Waals surface area contributed by atoms with Gasteiger partial charge < -0.3 is 19.5 Å². The molecule has 8 nitrogen and oxygen atoms in total. The molecule has 1 atom stereocenters. The number of thiazole rings is 1. The van der Waals surface area contributed by atoms with Crippen molar-refractivity contribution in [2.75, 3.05) is 19.0 Å². The maximum absolute atomic E-state index is 14.2. The van der Waals surface area contributed by atoms with E-state index in [0.29, 0.717) is 65.8 Å². The van der Waals surface area contributed by atoms with Gasteiger partial charge >= 0.3 is 0 Å².